The minimum atomic E-state index is -3.11. The van der Waals surface area contributed by atoms with E-state index in [1.54, 1.807) is 6.92 Å². The Bertz CT molecular complexity index is 1210. The highest BCUT2D eigenvalue weighted by Crippen LogP contribution is 2.28. The molecule has 0 heterocycles. The van der Waals surface area contributed by atoms with Crippen molar-refractivity contribution in [2.75, 3.05) is 20.6 Å². The molecule has 0 amide bonds. The first-order valence-electron chi connectivity index (χ1n) is 15.0. The fourth-order valence-electron chi connectivity index (χ4n) is 2.10. The van der Waals surface area contributed by atoms with Crippen molar-refractivity contribution < 1.29 is 38.5 Å². The highest BCUT2D eigenvalue weighted by molar-refractivity contribution is 5.42. The fraction of sp³-hybridized carbons (Fsp3) is 0.455. The first kappa shape index (κ1) is 8.22. The number of rotatable bonds is 10. The molecule has 4 heteroatoms. The molecule has 0 fully saturated rings. The molecular weight excluding hydrogens is 328 g/mol. The molecule has 1 N–H and O–H groups in total. The molecule has 2 aromatic rings. The van der Waals surface area contributed by atoms with Crippen LogP contribution in [0, 0.1) is 13.8 Å². The average molecular weight is 373 g/mol. The van der Waals surface area contributed by atoms with Crippen molar-refractivity contribution in [1.29, 1.82) is 0 Å². The zero-order valence-corrected chi connectivity index (χ0v) is 14.6. The van der Waals surface area contributed by atoms with Gasteiger partial charge in [-0.25, -0.2) is 0 Å². The van der Waals surface area contributed by atoms with E-state index in [1.165, 1.54) is 6.92 Å². The Morgan fingerprint density at radius 1 is 1.04 bits per heavy atom. The Labute approximate surface area is 176 Å². The lowest BCUT2D eigenvalue weighted by Gasteiger charge is -2.13. The predicted octanol–water partition coefficient (Wildman–Crippen LogP) is 4.47. The van der Waals surface area contributed by atoms with Gasteiger partial charge in [0.2, 0.25) is 0 Å². The Kier molecular flexibility index (Phi) is 3.18. The molecule has 0 saturated heterocycles. The Hall–Kier alpha value is -2.20. The molecule has 0 aliphatic carbocycles. The summed E-state index contributed by atoms with van der Waals surface area (Å²) in [7, 11) is -6.22. The SMILES string of the molecule is [2H]c1c([2H])c(OC([2H])([2H])C(O)CCCCc2c([2H])c([2H])c(OC([2H])([2H])[2H])c(OC([2H])([2H])[2H])c2[2H])c([2H])c(C)c1C. The van der Waals surface area contributed by atoms with Gasteiger partial charge in [-0.15, -0.1) is 0 Å². The minimum absolute atomic E-state index is 0.0986. The summed E-state index contributed by atoms with van der Waals surface area (Å²) in [6.45, 7) is 0.361. The number of ether oxygens (including phenoxy) is 3. The summed E-state index contributed by atoms with van der Waals surface area (Å²) < 4.78 is 123. The smallest absolute Gasteiger partial charge is 0.160 e. The van der Waals surface area contributed by atoms with E-state index in [1.807, 2.05) is 0 Å². The number of hydrogen-bond acceptors (Lipinski definition) is 4. The van der Waals surface area contributed by atoms with Crippen LogP contribution < -0.4 is 14.2 Å². The van der Waals surface area contributed by atoms with Gasteiger partial charge < -0.3 is 19.3 Å². The number of unbranched alkanes of at least 4 members (excludes halogenated alkanes) is 1. The molecule has 1 unspecified atom stereocenters. The van der Waals surface area contributed by atoms with Crippen molar-refractivity contribution in [3.8, 4) is 17.2 Å². The van der Waals surface area contributed by atoms with E-state index in [0.29, 0.717) is 11.1 Å². The van der Waals surface area contributed by atoms with Crippen LogP contribution in [0.5, 0.6) is 17.2 Å². The maximum atomic E-state index is 10.5. The van der Waals surface area contributed by atoms with Crippen LogP contribution in [0.25, 0.3) is 0 Å². The lowest BCUT2D eigenvalue weighted by molar-refractivity contribution is 0.0976. The first-order valence-corrected chi connectivity index (χ1v) is 8.03. The van der Waals surface area contributed by atoms with Gasteiger partial charge in [0.05, 0.1) is 39.4 Å². The topological polar surface area (TPSA) is 47.9 Å². The molecule has 0 aromatic heterocycles. The molecule has 0 radical (unpaired) electrons. The van der Waals surface area contributed by atoms with Crippen molar-refractivity contribution in [2.45, 2.75) is 45.6 Å². The first-order chi connectivity index (χ1) is 18.1. The molecule has 4 nitrogen and oxygen atoms in total. The van der Waals surface area contributed by atoms with E-state index in [9.17, 15) is 5.11 Å². The van der Waals surface area contributed by atoms with Gasteiger partial charge in [-0.05, 0) is 74.0 Å². The minimum Gasteiger partial charge on any atom is -0.493 e. The maximum Gasteiger partial charge on any atom is 0.160 e. The molecule has 1 atom stereocenters. The molecule has 2 aromatic carbocycles. The Balaban J connectivity index is 2.21. The zero-order chi connectivity index (χ0) is 31.0. The van der Waals surface area contributed by atoms with Gasteiger partial charge in [0.1, 0.15) is 12.3 Å². The van der Waals surface area contributed by atoms with Gasteiger partial charge >= 0.3 is 0 Å². The molecule has 26 heavy (non-hydrogen) atoms. The fourth-order valence-corrected chi connectivity index (χ4v) is 2.10. The number of aliphatic hydroxyl groups excluding tert-OH is 1. The van der Waals surface area contributed by atoms with Crippen LogP contribution in [-0.4, -0.2) is 31.8 Å². The summed E-state index contributed by atoms with van der Waals surface area (Å²) in [6.07, 6.45) is -1.79. The van der Waals surface area contributed by atoms with Gasteiger partial charge in [-0.1, -0.05) is 18.5 Å². The van der Waals surface area contributed by atoms with Crippen LogP contribution in [-0.2, 0) is 6.42 Å². The molecule has 0 spiro atoms. The summed E-state index contributed by atoms with van der Waals surface area (Å²) in [5.41, 5.74) is 0.587. The van der Waals surface area contributed by atoms with Gasteiger partial charge in [0.25, 0.3) is 0 Å². The summed E-state index contributed by atoms with van der Waals surface area (Å²) in [5, 5.41) is 10.5. The van der Waals surface area contributed by atoms with Crippen molar-refractivity contribution in [2.24, 2.45) is 0 Å². The predicted molar refractivity (Wildman–Crippen MR) is 105 cm³/mol. The maximum absolute atomic E-state index is 10.5. The summed E-state index contributed by atoms with van der Waals surface area (Å²) in [4.78, 5) is 0. The van der Waals surface area contributed by atoms with Crippen LogP contribution in [0.15, 0.2) is 36.3 Å². The van der Waals surface area contributed by atoms with Gasteiger partial charge in [0.15, 0.2) is 11.5 Å². The molecule has 0 aliphatic heterocycles. The third-order valence-electron chi connectivity index (χ3n) is 3.68. The van der Waals surface area contributed by atoms with Crippen LogP contribution in [0.1, 0.15) is 55.1 Å². The molecule has 142 valence electrons. The van der Waals surface area contributed by atoms with E-state index in [-0.39, 0.29) is 43.3 Å². The monoisotopic (exact) mass is 372 g/mol. The number of benzene rings is 2. The van der Waals surface area contributed by atoms with Crippen LogP contribution >= 0.6 is 0 Å². The second kappa shape index (κ2) is 10.1. The van der Waals surface area contributed by atoms with E-state index in [4.69, 9.17) is 28.7 Å². The highest BCUT2D eigenvalue weighted by atomic mass is 16.5. The highest BCUT2D eigenvalue weighted by Gasteiger charge is 2.07. The molecule has 0 aliphatic rings. The summed E-state index contributed by atoms with van der Waals surface area (Å²) in [6, 6.07) is -2.99. The second-order valence-electron chi connectivity index (χ2n) is 5.65. The molecule has 0 saturated carbocycles. The molecule has 2 rings (SSSR count). The normalized spacial score (nSPS) is 21.2. The van der Waals surface area contributed by atoms with Crippen LogP contribution in [0.2, 0.25) is 0 Å². The second-order valence-corrected chi connectivity index (χ2v) is 5.65. The third kappa shape index (κ3) is 5.95. The largest absolute Gasteiger partial charge is 0.493 e. The summed E-state index contributed by atoms with van der Waals surface area (Å²) >= 11 is 0. The van der Waals surface area contributed by atoms with E-state index < -0.39 is 68.2 Å². The van der Waals surface area contributed by atoms with E-state index >= 15 is 0 Å². The van der Waals surface area contributed by atoms with Crippen molar-refractivity contribution in [3.05, 3.63) is 52.9 Å². The number of hydrogen-bond donors (Lipinski definition) is 1. The molecule has 0 bridgehead atoms. The lowest BCUT2D eigenvalue weighted by Crippen LogP contribution is -2.17. The van der Waals surface area contributed by atoms with E-state index in [2.05, 4.69) is 4.74 Å². The van der Waals surface area contributed by atoms with Crippen LogP contribution in [0.3, 0.4) is 0 Å². The van der Waals surface area contributed by atoms with Crippen molar-refractivity contribution >= 4 is 0 Å². The average Bonchev–Trinajstić information content (AvgIpc) is 2.83. The van der Waals surface area contributed by atoms with E-state index in [0.717, 1.165) is 0 Å². The van der Waals surface area contributed by atoms with Crippen molar-refractivity contribution in [3.63, 3.8) is 0 Å². The third-order valence-corrected chi connectivity index (χ3v) is 3.68. The quantitative estimate of drug-likeness (QED) is 0.625. The zero-order valence-electron chi connectivity index (χ0n) is 28.6. The Morgan fingerprint density at radius 3 is 2.65 bits per heavy atom. The van der Waals surface area contributed by atoms with Gasteiger partial charge in [-0.3, -0.25) is 0 Å². The number of methoxy groups -OCH3 is 2. The summed E-state index contributed by atoms with van der Waals surface area (Å²) in [5.74, 6) is -2.17. The molecular formula is C22H30O4. The number of aliphatic hydroxyl groups is 1. The lowest BCUT2D eigenvalue weighted by atomic mass is 10.0. The van der Waals surface area contributed by atoms with Gasteiger partial charge in [-0.2, -0.15) is 0 Å². The van der Waals surface area contributed by atoms with Gasteiger partial charge in [0, 0.05) is 0 Å². The van der Waals surface area contributed by atoms with Crippen LogP contribution in [0.4, 0.5) is 0 Å². The Morgan fingerprint density at radius 2 is 1.85 bits per heavy atom. The van der Waals surface area contributed by atoms with Crippen molar-refractivity contribution in [1.82, 2.24) is 0 Å². The standard InChI is InChI=1S/C22H30O4/c1-16-9-11-20(13-17(16)2)26-15-19(23)8-6-5-7-18-10-12-21(24-3)22(14-18)25-4/h9-14,19,23H,5-8,15H2,1-4H3/i3D3,4D3,9D,10D,11D,12D,13D,14D,15D2.